The Kier molecular flexibility index (Phi) is 7.38. The van der Waals surface area contributed by atoms with Gasteiger partial charge in [0.2, 0.25) is 0 Å². The molecule has 2 aliphatic heterocycles. The Hall–Kier alpha value is -4.37. The number of nitrogens with one attached hydrogen (secondary N) is 2. The number of aromatic nitrogens is 8. The first-order valence-electron chi connectivity index (χ1n) is 13.0. The number of H-pyrrole nitrogens is 2. The van der Waals surface area contributed by atoms with Crippen LogP contribution in [0.1, 0.15) is 0 Å². The van der Waals surface area contributed by atoms with Crippen LogP contribution in [-0.2, 0) is 48.1 Å². The normalized spacial score (nSPS) is 11.2. The van der Waals surface area contributed by atoms with Crippen LogP contribution in [0.4, 0.5) is 0 Å². The summed E-state index contributed by atoms with van der Waals surface area (Å²) >= 11 is 0. The van der Waals surface area contributed by atoms with Gasteiger partial charge < -0.3 is 37.0 Å². The van der Waals surface area contributed by atoms with Gasteiger partial charge in [0.05, 0.1) is 0 Å². The molecular weight excluding hydrogens is 656 g/mol. The molecule has 0 fully saturated rings. The van der Waals surface area contributed by atoms with Crippen LogP contribution in [0.5, 0.6) is 0 Å². The van der Waals surface area contributed by atoms with Crippen LogP contribution in [0.3, 0.4) is 0 Å². The van der Waals surface area contributed by atoms with Crippen LogP contribution in [0.25, 0.3) is 89.7 Å². The van der Waals surface area contributed by atoms with E-state index in [0.717, 1.165) is 43.8 Å². The average molecular weight is 675 g/mol. The van der Waals surface area contributed by atoms with E-state index in [9.17, 15) is 0 Å². The molecule has 9 rings (SSSR count). The molecule has 0 amide bonds. The minimum absolute atomic E-state index is 0. The maximum absolute atomic E-state index is 5.02. The van der Waals surface area contributed by atoms with Crippen LogP contribution in [-0.4, -0.2) is 39.9 Å². The SMILES string of the molecule is [Mo+4].[S-2].[S-2].c1ccc2c(c1)-c1nc-2nc2[nH]c(nc3nc(nc4[nH]c(n1)c1ccccc41)-c1ccccc1-3)c1ccccc21. The molecule has 0 aliphatic carbocycles. The third kappa shape index (κ3) is 4.45. The summed E-state index contributed by atoms with van der Waals surface area (Å²) in [6.07, 6.45) is 0. The number of hydrogen-bond acceptors (Lipinski definition) is 6. The molecule has 8 bridgehead atoms. The molecule has 2 aliphatic rings. The minimum Gasteiger partial charge on any atom is -2.00 e. The molecule has 8 nitrogen and oxygen atoms in total. The molecule has 0 radical (unpaired) electrons. The summed E-state index contributed by atoms with van der Waals surface area (Å²) in [5, 5.41) is 3.82. The third-order valence-electron chi connectivity index (χ3n) is 7.46. The van der Waals surface area contributed by atoms with Crippen LogP contribution in [0.15, 0.2) is 97.1 Å². The van der Waals surface area contributed by atoms with Crippen molar-refractivity contribution >= 4 is 71.1 Å². The van der Waals surface area contributed by atoms with E-state index in [2.05, 4.69) is 9.97 Å². The van der Waals surface area contributed by atoms with E-state index >= 15 is 0 Å². The molecule has 7 aromatic rings. The van der Waals surface area contributed by atoms with E-state index in [-0.39, 0.29) is 48.1 Å². The molecule has 0 saturated heterocycles. The number of fused-ring (bicyclic) bond motifs is 20. The molecule has 11 heteroatoms. The topological polar surface area (TPSA) is 109 Å². The van der Waals surface area contributed by atoms with Gasteiger partial charge in [-0.25, -0.2) is 29.9 Å². The van der Waals surface area contributed by atoms with Gasteiger partial charge in [0.1, 0.15) is 22.6 Å². The first-order valence-corrected chi connectivity index (χ1v) is 13.0. The molecule has 0 spiro atoms. The van der Waals surface area contributed by atoms with E-state index in [0.29, 0.717) is 45.9 Å². The zero-order valence-electron chi connectivity index (χ0n) is 22.1. The maximum atomic E-state index is 5.02. The summed E-state index contributed by atoms with van der Waals surface area (Å²) in [7, 11) is 0. The summed E-state index contributed by atoms with van der Waals surface area (Å²) in [5.74, 6) is 2.39. The minimum atomic E-state index is 0. The monoisotopic (exact) mass is 676 g/mol. The zero-order chi connectivity index (χ0) is 26.2. The fourth-order valence-electron chi connectivity index (χ4n) is 5.59. The van der Waals surface area contributed by atoms with E-state index in [1.165, 1.54) is 0 Å². The van der Waals surface area contributed by atoms with Crippen molar-refractivity contribution in [2.75, 3.05) is 0 Å². The molecule has 0 unspecified atom stereocenters. The van der Waals surface area contributed by atoms with Crippen molar-refractivity contribution in [3.63, 3.8) is 0 Å². The van der Waals surface area contributed by atoms with Gasteiger partial charge in [-0.15, -0.1) is 0 Å². The average Bonchev–Trinajstić information content (AvgIpc) is 3.73. The van der Waals surface area contributed by atoms with Crippen molar-refractivity contribution < 1.29 is 21.1 Å². The van der Waals surface area contributed by atoms with Gasteiger partial charge in [0.25, 0.3) is 0 Å². The molecule has 43 heavy (non-hydrogen) atoms. The fraction of sp³-hybridized carbons (Fsp3) is 0. The smallest absolute Gasteiger partial charge is 2.00 e. The van der Waals surface area contributed by atoms with Crippen molar-refractivity contribution in [1.29, 1.82) is 0 Å². The third-order valence-corrected chi connectivity index (χ3v) is 7.46. The van der Waals surface area contributed by atoms with Gasteiger partial charge in [-0.3, -0.25) is 0 Å². The number of benzene rings is 4. The molecule has 3 aromatic heterocycles. The van der Waals surface area contributed by atoms with Crippen molar-refractivity contribution in [2.24, 2.45) is 0 Å². The molecule has 0 saturated carbocycles. The maximum Gasteiger partial charge on any atom is 4.00 e. The molecule has 4 aromatic carbocycles. The summed E-state index contributed by atoms with van der Waals surface area (Å²) in [6.45, 7) is 0. The van der Waals surface area contributed by atoms with Crippen molar-refractivity contribution in [3.8, 4) is 45.6 Å². The van der Waals surface area contributed by atoms with Crippen LogP contribution in [0.2, 0.25) is 0 Å². The van der Waals surface area contributed by atoms with Crippen LogP contribution < -0.4 is 0 Å². The van der Waals surface area contributed by atoms with E-state index in [1.54, 1.807) is 0 Å². The first kappa shape index (κ1) is 28.7. The zero-order valence-corrected chi connectivity index (χ0v) is 25.8. The largest absolute Gasteiger partial charge is 4.00 e. The van der Waals surface area contributed by atoms with Gasteiger partial charge in [-0.2, -0.15) is 0 Å². The van der Waals surface area contributed by atoms with Crippen LogP contribution >= 0.6 is 0 Å². The van der Waals surface area contributed by atoms with Gasteiger partial charge in [0, 0.05) is 43.8 Å². The molecule has 0 atom stereocenters. The fourth-order valence-corrected chi connectivity index (χ4v) is 5.59. The van der Waals surface area contributed by atoms with Gasteiger partial charge in [-0.05, 0) is 0 Å². The van der Waals surface area contributed by atoms with Gasteiger partial charge in [0.15, 0.2) is 23.3 Å². The molecular formula is C32H18MoN8S2. The standard InChI is InChI=1S/C32H18N8.Mo.2S/c1-2-10-18-17(9-1)25-33-26(18)38-28-21-13-5-6-14-22(21)30(35-28)40-32-24-16-8-7-15-23(24)31(36-32)39-29-20-12-4-3-11-19(20)27(34-29)37-25;;;/h1-16H,(H2,33,34,35,36,37,38,39,40);;;/q;+4;2*-2. The predicted molar refractivity (Wildman–Crippen MR) is 171 cm³/mol. The second-order valence-electron chi connectivity index (χ2n) is 9.79. The Labute approximate surface area is 273 Å². The second-order valence-corrected chi connectivity index (χ2v) is 9.79. The quantitative estimate of drug-likeness (QED) is 0.170. The predicted octanol–water partition coefficient (Wildman–Crippen LogP) is 6.86. The van der Waals surface area contributed by atoms with E-state index < -0.39 is 0 Å². The Morgan fingerprint density at radius 2 is 0.558 bits per heavy atom. The summed E-state index contributed by atoms with van der Waals surface area (Å²) in [4.78, 5) is 36.8. The van der Waals surface area contributed by atoms with E-state index in [1.807, 2.05) is 97.1 Å². The van der Waals surface area contributed by atoms with Gasteiger partial charge >= 0.3 is 21.1 Å². The second kappa shape index (κ2) is 11.0. The van der Waals surface area contributed by atoms with Gasteiger partial charge in [-0.1, -0.05) is 97.1 Å². The Morgan fingerprint density at radius 3 is 0.814 bits per heavy atom. The number of nitrogens with zero attached hydrogens (tertiary/aromatic N) is 6. The van der Waals surface area contributed by atoms with Crippen molar-refractivity contribution in [2.45, 2.75) is 0 Å². The Bertz CT molecular complexity index is 2050. The van der Waals surface area contributed by atoms with Crippen LogP contribution in [0, 0.1) is 0 Å². The number of hydrogen-bond donors (Lipinski definition) is 2. The first-order chi connectivity index (χ1) is 19.8. The molecule has 2 N–H and O–H groups in total. The Morgan fingerprint density at radius 1 is 0.326 bits per heavy atom. The number of rotatable bonds is 0. The summed E-state index contributed by atoms with van der Waals surface area (Å²) in [6, 6.07) is 32.2. The molecule has 5 heterocycles. The molecule has 204 valence electrons. The van der Waals surface area contributed by atoms with Crippen molar-refractivity contribution in [1.82, 2.24) is 39.9 Å². The summed E-state index contributed by atoms with van der Waals surface area (Å²) in [5.41, 5.74) is 6.45. The van der Waals surface area contributed by atoms with Crippen molar-refractivity contribution in [3.05, 3.63) is 97.1 Å². The van der Waals surface area contributed by atoms with E-state index in [4.69, 9.17) is 29.9 Å². The number of aromatic amines is 2. The summed E-state index contributed by atoms with van der Waals surface area (Å²) < 4.78 is 0. The Balaban J connectivity index is 0.00000110.